The van der Waals surface area contributed by atoms with Crippen molar-refractivity contribution in [3.05, 3.63) is 47.3 Å². The van der Waals surface area contributed by atoms with Gasteiger partial charge in [0.2, 0.25) is 0 Å². The maximum absolute atomic E-state index is 10.8. The topological polar surface area (TPSA) is 50.1 Å². The lowest BCUT2D eigenvalue weighted by molar-refractivity contribution is 0.112. The summed E-state index contributed by atoms with van der Waals surface area (Å²) < 4.78 is 1.93. The molecule has 1 saturated heterocycles. The predicted octanol–water partition coefficient (Wildman–Crippen LogP) is 2.66. The minimum Gasteiger partial charge on any atom is -0.387 e. The molecule has 0 spiro atoms. The lowest BCUT2D eigenvalue weighted by Gasteiger charge is -2.28. The van der Waals surface area contributed by atoms with E-state index < -0.39 is 6.10 Å². The van der Waals surface area contributed by atoms with Crippen molar-refractivity contribution in [1.29, 1.82) is 0 Å². The van der Waals surface area contributed by atoms with Crippen LogP contribution in [0.4, 0.5) is 0 Å². The summed E-state index contributed by atoms with van der Waals surface area (Å²) in [5.41, 5.74) is 3.95. The number of aliphatic hydroxyl groups is 1. The number of nitrogens with one attached hydrogen (secondary N) is 1. The Balaban J connectivity index is 1.94. The minimum absolute atomic E-state index is 0.143. The highest BCUT2D eigenvalue weighted by atomic mass is 16.3. The molecule has 2 aromatic rings. The van der Waals surface area contributed by atoms with Crippen molar-refractivity contribution in [3.8, 4) is 5.69 Å². The van der Waals surface area contributed by atoms with Gasteiger partial charge >= 0.3 is 0 Å². The summed E-state index contributed by atoms with van der Waals surface area (Å²) in [5, 5.41) is 18.8. The fourth-order valence-corrected chi connectivity index (χ4v) is 3.25. The third-order valence-corrected chi connectivity index (χ3v) is 4.37. The average molecular weight is 285 g/mol. The Hall–Kier alpha value is -1.65. The molecule has 112 valence electrons. The first kappa shape index (κ1) is 14.3. The van der Waals surface area contributed by atoms with Crippen molar-refractivity contribution >= 4 is 0 Å². The number of aryl methyl sites for hydroxylation is 1. The van der Waals surface area contributed by atoms with Gasteiger partial charge in [0.05, 0.1) is 17.5 Å². The summed E-state index contributed by atoms with van der Waals surface area (Å²) in [7, 11) is 0. The van der Waals surface area contributed by atoms with Gasteiger partial charge in [-0.3, -0.25) is 0 Å². The lowest BCUT2D eigenvalue weighted by atomic mass is 9.94. The Bertz CT molecular complexity index is 600. The maximum Gasteiger partial charge on any atom is 0.0978 e. The van der Waals surface area contributed by atoms with E-state index in [0.717, 1.165) is 35.6 Å². The molecule has 1 aliphatic rings. The minimum atomic E-state index is -0.484. The van der Waals surface area contributed by atoms with Crippen LogP contribution in [0.25, 0.3) is 5.69 Å². The molecule has 2 N–H and O–H groups in total. The molecule has 3 rings (SSSR count). The number of benzene rings is 1. The van der Waals surface area contributed by atoms with Gasteiger partial charge in [0.1, 0.15) is 0 Å². The first-order valence-electron chi connectivity index (χ1n) is 7.71. The van der Waals surface area contributed by atoms with E-state index >= 15 is 0 Å². The van der Waals surface area contributed by atoms with E-state index in [1.807, 2.05) is 48.9 Å². The van der Waals surface area contributed by atoms with Crippen LogP contribution in [-0.4, -0.2) is 27.5 Å². The Morgan fingerprint density at radius 3 is 2.67 bits per heavy atom. The molecular weight excluding hydrogens is 262 g/mol. The highest BCUT2D eigenvalue weighted by Gasteiger charge is 2.28. The van der Waals surface area contributed by atoms with Gasteiger partial charge < -0.3 is 10.4 Å². The normalized spacial score (nSPS) is 20.4. The molecule has 0 radical (unpaired) electrons. The number of nitrogens with zero attached hydrogens (tertiary/aromatic N) is 2. The molecule has 0 amide bonds. The summed E-state index contributed by atoms with van der Waals surface area (Å²) in [6, 6.07) is 10.2. The predicted molar refractivity (Wildman–Crippen MR) is 83.6 cm³/mol. The zero-order chi connectivity index (χ0) is 14.8. The molecule has 2 atom stereocenters. The van der Waals surface area contributed by atoms with E-state index in [-0.39, 0.29) is 6.04 Å². The van der Waals surface area contributed by atoms with E-state index in [2.05, 4.69) is 10.4 Å². The van der Waals surface area contributed by atoms with Gasteiger partial charge in [-0.25, -0.2) is 4.68 Å². The van der Waals surface area contributed by atoms with Crippen molar-refractivity contribution in [1.82, 2.24) is 15.1 Å². The Kier molecular flexibility index (Phi) is 4.08. The van der Waals surface area contributed by atoms with Gasteiger partial charge in [-0.1, -0.05) is 24.6 Å². The molecule has 21 heavy (non-hydrogen) atoms. The van der Waals surface area contributed by atoms with Crippen LogP contribution in [0.3, 0.4) is 0 Å². The summed E-state index contributed by atoms with van der Waals surface area (Å²) in [6.45, 7) is 5.01. The summed E-state index contributed by atoms with van der Waals surface area (Å²) in [4.78, 5) is 0. The number of piperidine rings is 1. The van der Waals surface area contributed by atoms with Crippen LogP contribution in [-0.2, 0) is 0 Å². The van der Waals surface area contributed by atoms with E-state index in [0.29, 0.717) is 0 Å². The average Bonchev–Trinajstić information content (AvgIpc) is 2.83. The first-order valence-corrected chi connectivity index (χ1v) is 7.71. The van der Waals surface area contributed by atoms with Gasteiger partial charge in [0.15, 0.2) is 0 Å². The van der Waals surface area contributed by atoms with E-state index in [1.54, 1.807) is 0 Å². The van der Waals surface area contributed by atoms with E-state index in [4.69, 9.17) is 0 Å². The molecular formula is C17H23N3O. The number of hydrogen-bond donors (Lipinski definition) is 2. The van der Waals surface area contributed by atoms with Crippen molar-refractivity contribution < 1.29 is 5.11 Å². The van der Waals surface area contributed by atoms with Crippen molar-refractivity contribution in [2.24, 2.45) is 0 Å². The standard InChI is InChI=1S/C17H23N3O/c1-12-16(17(21)15-10-6-7-11-18-15)13(2)20(19-12)14-8-4-3-5-9-14/h3-5,8-9,15,17-18,21H,6-7,10-11H2,1-2H3. The van der Waals surface area contributed by atoms with Crippen LogP contribution in [0.5, 0.6) is 0 Å². The third kappa shape index (κ3) is 2.74. The molecule has 0 aliphatic carbocycles. The van der Waals surface area contributed by atoms with Crippen LogP contribution in [0.2, 0.25) is 0 Å². The third-order valence-electron chi connectivity index (χ3n) is 4.37. The van der Waals surface area contributed by atoms with Gasteiger partial charge in [-0.15, -0.1) is 0 Å². The summed E-state index contributed by atoms with van der Waals surface area (Å²) >= 11 is 0. The van der Waals surface area contributed by atoms with Crippen LogP contribution < -0.4 is 5.32 Å². The first-order chi connectivity index (χ1) is 10.2. The summed E-state index contributed by atoms with van der Waals surface area (Å²) in [5.74, 6) is 0. The number of para-hydroxylation sites is 1. The van der Waals surface area contributed by atoms with Crippen LogP contribution in [0.1, 0.15) is 42.3 Å². The Morgan fingerprint density at radius 2 is 2.00 bits per heavy atom. The zero-order valence-electron chi connectivity index (χ0n) is 12.7. The van der Waals surface area contributed by atoms with E-state index in [1.165, 1.54) is 12.8 Å². The molecule has 1 aromatic heterocycles. The quantitative estimate of drug-likeness (QED) is 0.911. The molecule has 1 fully saturated rings. The van der Waals surface area contributed by atoms with Crippen LogP contribution in [0.15, 0.2) is 30.3 Å². The molecule has 0 saturated carbocycles. The molecule has 2 unspecified atom stereocenters. The fraction of sp³-hybridized carbons (Fsp3) is 0.471. The molecule has 1 aliphatic heterocycles. The van der Waals surface area contributed by atoms with Crippen LogP contribution >= 0.6 is 0 Å². The van der Waals surface area contributed by atoms with E-state index in [9.17, 15) is 5.11 Å². The highest BCUT2D eigenvalue weighted by molar-refractivity contribution is 5.38. The summed E-state index contributed by atoms with van der Waals surface area (Å²) in [6.07, 6.45) is 2.92. The second-order valence-electron chi connectivity index (χ2n) is 5.83. The van der Waals surface area contributed by atoms with Crippen molar-refractivity contribution in [2.75, 3.05) is 6.54 Å². The largest absolute Gasteiger partial charge is 0.387 e. The number of rotatable bonds is 3. The van der Waals surface area contributed by atoms with Gasteiger partial charge in [-0.05, 0) is 45.4 Å². The fourth-order valence-electron chi connectivity index (χ4n) is 3.25. The van der Waals surface area contributed by atoms with Gasteiger partial charge in [0.25, 0.3) is 0 Å². The maximum atomic E-state index is 10.8. The zero-order valence-corrected chi connectivity index (χ0v) is 12.7. The number of hydrogen-bond acceptors (Lipinski definition) is 3. The van der Waals surface area contributed by atoms with Crippen LogP contribution in [0, 0.1) is 13.8 Å². The molecule has 2 heterocycles. The smallest absolute Gasteiger partial charge is 0.0978 e. The number of aromatic nitrogens is 2. The molecule has 4 nitrogen and oxygen atoms in total. The SMILES string of the molecule is Cc1nn(-c2ccccc2)c(C)c1C(O)C1CCCCN1. The van der Waals surface area contributed by atoms with Gasteiger partial charge in [0, 0.05) is 17.3 Å². The Morgan fingerprint density at radius 1 is 1.24 bits per heavy atom. The molecule has 0 bridgehead atoms. The van der Waals surface area contributed by atoms with Gasteiger partial charge in [-0.2, -0.15) is 5.10 Å². The molecule has 4 heteroatoms. The highest BCUT2D eigenvalue weighted by Crippen LogP contribution is 2.29. The Labute approximate surface area is 125 Å². The second kappa shape index (κ2) is 6.00. The van der Waals surface area contributed by atoms with Crippen molar-refractivity contribution in [2.45, 2.75) is 45.3 Å². The second-order valence-corrected chi connectivity index (χ2v) is 5.83. The lowest BCUT2D eigenvalue weighted by Crippen LogP contribution is -2.39. The van der Waals surface area contributed by atoms with Crippen molar-refractivity contribution in [3.63, 3.8) is 0 Å². The molecule has 1 aromatic carbocycles. The monoisotopic (exact) mass is 285 g/mol. The number of aliphatic hydroxyl groups excluding tert-OH is 1.